The Morgan fingerprint density at radius 1 is 1.21 bits per heavy atom. The lowest BCUT2D eigenvalue weighted by atomic mass is 9.64. The predicted octanol–water partition coefficient (Wildman–Crippen LogP) is 3.77. The minimum Gasteiger partial charge on any atom is -0.424 e. The molecule has 2 heterocycles. The summed E-state index contributed by atoms with van der Waals surface area (Å²) in [7, 11) is 1.73. The van der Waals surface area contributed by atoms with Gasteiger partial charge < -0.3 is 13.8 Å². The summed E-state index contributed by atoms with van der Waals surface area (Å²) in [6.07, 6.45) is 5.31. The van der Waals surface area contributed by atoms with Crippen molar-refractivity contribution in [2.75, 3.05) is 7.05 Å². The first-order valence-corrected chi connectivity index (χ1v) is 9.67. The van der Waals surface area contributed by atoms with Crippen LogP contribution >= 0.6 is 11.6 Å². The third-order valence-corrected chi connectivity index (χ3v) is 5.59. The highest BCUT2D eigenvalue weighted by Crippen LogP contribution is 2.48. The van der Waals surface area contributed by atoms with Gasteiger partial charge in [-0.3, -0.25) is 4.79 Å². The topological polar surface area (TPSA) is 85.3 Å². The summed E-state index contributed by atoms with van der Waals surface area (Å²) in [5.41, 5.74) is 0.907. The van der Waals surface area contributed by atoms with Gasteiger partial charge in [0.2, 0.25) is 17.7 Å². The van der Waals surface area contributed by atoms with Crippen molar-refractivity contribution in [3.8, 4) is 0 Å². The summed E-state index contributed by atoms with van der Waals surface area (Å²) in [5.74, 6) is 1.73. The maximum Gasteiger partial charge on any atom is 0.227 e. The van der Waals surface area contributed by atoms with E-state index in [9.17, 15) is 4.79 Å². The first-order valence-electron chi connectivity index (χ1n) is 9.29. The number of carbonyl (C=O) groups excluding carboxylic acids is 1. The van der Waals surface area contributed by atoms with E-state index in [0.29, 0.717) is 42.0 Å². The molecule has 0 saturated heterocycles. The van der Waals surface area contributed by atoms with Gasteiger partial charge >= 0.3 is 0 Å². The van der Waals surface area contributed by atoms with Gasteiger partial charge in [-0.05, 0) is 30.5 Å². The van der Waals surface area contributed by atoms with Crippen LogP contribution in [-0.2, 0) is 23.2 Å². The number of hydrogen-bond acceptors (Lipinski definition) is 6. The van der Waals surface area contributed by atoms with Gasteiger partial charge in [-0.25, -0.2) is 0 Å². The van der Waals surface area contributed by atoms with Gasteiger partial charge in [0.25, 0.3) is 0 Å². The van der Waals surface area contributed by atoms with Crippen LogP contribution in [0.4, 0.5) is 0 Å². The predicted molar refractivity (Wildman–Crippen MR) is 102 cm³/mol. The molecule has 0 bridgehead atoms. The number of hydrogen-bond donors (Lipinski definition) is 0. The molecule has 1 amide bonds. The standard InChI is InChI=1S/C20H21ClN4O3/c1-25(13-16-9-12-22-28-16)18(26)8-7-17-23-24-19(27-17)20(10-2-11-20)14-3-5-15(21)6-4-14/h3-6,9,12H,2,7-8,10-11,13H2,1H3. The zero-order valence-electron chi connectivity index (χ0n) is 15.6. The van der Waals surface area contributed by atoms with Crippen LogP contribution in [0.1, 0.15) is 48.8 Å². The van der Waals surface area contributed by atoms with Gasteiger partial charge in [-0.1, -0.05) is 35.3 Å². The largest absolute Gasteiger partial charge is 0.424 e. The molecule has 8 heteroatoms. The summed E-state index contributed by atoms with van der Waals surface area (Å²) in [6.45, 7) is 0.383. The highest BCUT2D eigenvalue weighted by molar-refractivity contribution is 6.30. The molecule has 3 aromatic rings. The summed E-state index contributed by atoms with van der Waals surface area (Å²) >= 11 is 6.02. The number of carbonyl (C=O) groups is 1. The third-order valence-electron chi connectivity index (χ3n) is 5.34. The SMILES string of the molecule is CN(Cc1ccno1)C(=O)CCc1nnc(C2(c3ccc(Cl)cc3)CCC2)o1. The Labute approximate surface area is 167 Å². The van der Waals surface area contributed by atoms with E-state index in [1.165, 1.54) is 0 Å². The maximum atomic E-state index is 12.3. The van der Waals surface area contributed by atoms with Crippen molar-refractivity contribution in [2.24, 2.45) is 0 Å². The van der Waals surface area contributed by atoms with Crippen molar-refractivity contribution in [1.82, 2.24) is 20.3 Å². The molecular weight excluding hydrogens is 380 g/mol. The minimum absolute atomic E-state index is 0.0211. The Bertz CT molecular complexity index is 933. The lowest BCUT2D eigenvalue weighted by Crippen LogP contribution is -2.35. The van der Waals surface area contributed by atoms with Crippen LogP contribution in [0.25, 0.3) is 0 Å². The van der Waals surface area contributed by atoms with Gasteiger partial charge in [0.1, 0.15) is 0 Å². The van der Waals surface area contributed by atoms with Crippen LogP contribution in [0.5, 0.6) is 0 Å². The molecule has 0 atom stereocenters. The second kappa shape index (κ2) is 7.75. The maximum absolute atomic E-state index is 12.3. The van der Waals surface area contributed by atoms with Crippen molar-refractivity contribution in [1.29, 1.82) is 0 Å². The fraction of sp³-hybridized carbons (Fsp3) is 0.400. The molecule has 0 aliphatic heterocycles. The molecule has 0 N–H and O–H groups in total. The Balaban J connectivity index is 1.40. The molecule has 1 aliphatic rings. The molecule has 4 rings (SSSR count). The smallest absolute Gasteiger partial charge is 0.227 e. The molecule has 0 unspecified atom stereocenters. The average Bonchev–Trinajstić information content (AvgIpc) is 3.33. The van der Waals surface area contributed by atoms with Crippen LogP contribution in [0.3, 0.4) is 0 Å². The molecule has 1 fully saturated rings. The van der Waals surface area contributed by atoms with Crippen molar-refractivity contribution in [2.45, 2.75) is 44.1 Å². The van der Waals surface area contributed by atoms with Gasteiger partial charge in [0.15, 0.2) is 5.76 Å². The van der Waals surface area contributed by atoms with Gasteiger partial charge in [-0.2, -0.15) is 0 Å². The van der Waals surface area contributed by atoms with E-state index in [1.54, 1.807) is 24.2 Å². The van der Waals surface area contributed by atoms with E-state index in [-0.39, 0.29) is 11.3 Å². The first-order chi connectivity index (χ1) is 13.6. The number of nitrogens with zero attached hydrogens (tertiary/aromatic N) is 4. The van der Waals surface area contributed by atoms with E-state index in [4.69, 9.17) is 20.5 Å². The second-order valence-electron chi connectivity index (χ2n) is 7.17. The monoisotopic (exact) mass is 400 g/mol. The van der Waals surface area contributed by atoms with Gasteiger partial charge in [-0.15, -0.1) is 10.2 Å². The van der Waals surface area contributed by atoms with Crippen LogP contribution in [0.15, 0.2) is 45.5 Å². The Morgan fingerprint density at radius 3 is 2.64 bits per heavy atom. The third kappa shape index (κ3) is 3.67. The van der Waals surface area contributed by atoms with E-state index >= 15 is 0 Å². The number of rotatable bonds is 7. The highest BCUT2D eigenvalue weighted by Gasteiger charge is 2.45. The average molecular weight is 401 g/mol. The normalized spacial score (nSPS) is 15.2. The summed E-state index contributed by atoms with van der Waals surface area (Å²) in [5, 5.41) is 12.8. The molecule has 0 radical (unpaired) electrons. The zero-order valence-corrected chi connectivity index (χ0v) is 16.4. The number of benzene rings is 1. The number of halogens is 1. The van der Waals surface area contributed by atoms with Crippen molar-refractivity contribution in [3.63, 3.8) is 0 Å². The summed E-state index contributed by atoms with van der Waals surface area (Å²) < 4.78 is 11.0. The molecule has 1 saturated carbocycles. The molecule has 2 aromatic heterocycles. The number of aromatic nitrogens is 3. The van der Waals surface area contributed by atoms with Crippen LogP contribution in [0.2, 0.25) is 5.02 Å². The Morgan fingerprint density at radius 2 is 2.00 bits per heavy atom. The summed E-state index contributed by atoms with van der Waals surface area (Å²) in [6, 6.07) is 9.55. The molecule has 28 heavy (non-hydrogen) atoms. The van der Waals surface area contributed by atoms with Crippen molar-refractivity contribution < 1.29 is 13.7 Å². The Hall–Kier alpha value is -2.67. The van der Waals surface area contributed by atoms with E-state index in [0.717, 1.165) is 24.8 Å². The minimum atomic E-state index is -0.233. The lowest BCUT2D eigenvalue weighted by molar-refractivity contribution is -0.130. The van der Waals surface area contributed by atoms with Gasteiger partial charge in [0.05, 0.1) is 18.2 Å². The molecule has 1 aliphatic carbocycles. The highest BCUT2D eigenvalue weighted by atomic mass is 35.5. The first kappa shape index (κ1) is 18.7. The van der Waals surface area contributed by atoms with Crippen LogP contribution in [0, 0.1) is 0 Å². The number of amides is 1. The van der Waals surface area contributed by atoms with Crippen molar-refractivity contribution >= 4 is 17.5 Å². The van der Waals surface area contributed by atoms with E-state index < -0.39 is 0 Å². The van der Waals surface area contributed by atoms with Gasteiger partial charge in [0, 0.05) is 31.0 Å². The quantitative estimate of drug-likeness (QED) is 0.600. The molecular formula is C20H21ClN4O3. The second-order valence-corrected chi connectivity index (χ2v) is 7.61. The molecule has 146 valence electrons. The zero-order chi connectivity index (χ0) is 19.6. The molecule has 0 spiro atoms. The fourth-order valence-corrected chi connectivity index (χ4v) is 3.65. The van der Waals surface area contributed by atoms with Crippen molar-refractivity contribution in [3.05, 3.63) is 64.7 Å². The lowest BCUT2D eigenvalue weighted by Gasteiger charge is -2.39. The Kier molecular flexibility index (Phi) is 5.17. The fourth-order valence-electron chi connectivity index (χ4n) is 3.52. The van der Waals surface area contributed by atoms with Crippen LogP contribution in [-0.4, -0.2) is 33.2 Å². The van der Waals surface area contributed by atoms with E-state index in [2.05, 4.69) is 15.4 Å². The summed E-state index contributed by atoms with van der Waals surface area (Å²) in [4.78, 5) is 13.9. The molecule has 1 aromatic carbocycles. The van der Waals surface area contributed by atoms with Crippen LogP contribution < -0.4 is 0 Å². The molecule has 7 nitrogen and oxygen atoms in total. The van der Waals surface area contributed by atoms with E-state index in [1.807, 2.05) is 24.3 Å². The number of aryl methyl sites for hydroxylation is 1.